The fourth-order valence-corrected chi connectivity index (χ4v) is 1.85. The van der Waals surface area contributed by atoms with Crippen molar-refractivity contribution in [1.82, 2.24) is 9.55 Å². The molecule has 5 nitrogen and oxygen atoms in total. The summed E-state index contributed by atoms with van der Waals surface area (Å²) in [5.74, 6) is 0.158. The van der Waals surface area contributed by atoms with E-state index in [1.54, 1.807) is 17.7 Å². The minimum atomic E-state index is -0.524. The van der Waals surface area contributed by atoms with E-state index in [1.165, 1.54) is 6.07 Å². The molecule has 6 heteroatoms. The zero-order valence-corrected chi connectivity index (χ0v) is 10.1. The molecular weight excluding hydrogens is 237 g/mol. The zero-order valence-electron chi connectivity index (χ0n) is 10.1. The van der Waals surface area contributed by atoms with Crippen LogP contribution in [0.4, 0.5) is 10.1 Å². The second-order valence-corrected chi connectivity index (χ2v) is 3.91. The molecule has 0 aliphatic rings. The summed E-state index contributed by atoms with van der Waals surface area (Å²) in [5.41, 5.74) is 0.811. The molecular formula is C12H12FN3O2. The zero-order chi connectivity index (χ0) is 13.3. The standard InChI is InChI=1S/C12H12FN3O2/c1-3-12-14-8(2)7-15(12)11-6-9(13)4-5-10(11)16(17)18/h4-7H,3H2,1-2H3. The van der Waals surface area contributed by atoms with Gasteiger partial charge in [0.2, 0.25) is 0 Å². The molecule has 0 spiro atoms. The highest BCUT2D eigenvalue weighted by Gasteiger charge is 2.18. The molecule has 0 atom stereocenters. The van der Waals surface area contributed by atoms with Crippen molar-refractivity contribution in [2.24, 2.45) is 0 Å². The quantitative estimate of drug-likeness (QED) is 0.620. The predicted octanol–water partition coefficient (Wildman–Crippen LogP) is 2.79. The van der Waals surface area contributed by atoms with Crippen molar-refractivity contribution in [3.8, 4) is 5.69 Å². The summed E-state index contributed by atoms with van der Waals surface area (Å²) in [6.45, 7) is 3.68. The van der Waals surface area contributed by atoms with Gasteiger partial charge in [-0.25, -0.2) is 9.37 Å². The van der Waals surface area contributed by atoms with E-state index in [4.69, 9.17) is 0 Å². The average molecular weight is 249 g/mol. The van der Waals surface area contributed by atoms with Gasteiger partial charge in [-0.2, -0.15) is 0 Å². The van der Waals surface area contributed by atoms with Crippen LogP contribution < -0.4 is 0 Å². The molecule has 0 amide bonds. The average Bonchev–Trinajstić information content (AvgIpc) is 2.69. The topological polar surface area (TPSA) is 61.0 Å². The van der Waals surface area contributed by atoms with Crippen molar-refractivity contribution in [2.45, 2.75) is 20.3 Å². The summed E-state index contributed by atoms with van der Waals surface area (Å²) in [5, 5.41) is 11.0. The Hall–Kier alpha value is -2.24. The fourth-order valence-electron chi connectivity index (χ4n) is 1.85. The molecule has 2 rings (SSSR count). The first-order valence-electron chi connectivity index (χ1n) is 5.52. The molecule has 0 radical (unpaired) electrons. The third kappa shape index (κ3) is 2.09. The first-order chi connectivity index (χ1) is 8.52. The first-order valence-corrected chi connectivity index (χ1v) is 5.52. The van der Waals surface area contributed by atoms with E-state index in [1.807, 2.05) is 6.92 Å². The molecule has 0 unspecified atom stereocenters. The molecule has 94 valence electrons. The normalized spacial score (nSPS) is 10.6. The number of rotatable bonds is 3. The lowest BCUT2D eigenvalue weighted by molar-refractivity contribution is -0.384. The Morgan fingerprint density at radius 1 is 1.50 bits per heavy atom. The molecule has 0 N–H and O–H groups in total. The molecule has 1 aromatic carbocycles. The number of halogens is 1. The van der Waals surface area contributed by atoms with Crippen molar-refractivity contribution in [1.29, 1.82) is 0 Å². The van der Waals surface area contributed by atoms with Crippen molar-refractivity contribution >= 4 is 5.69 Å². The van der Waals surface area contributed by atoms with Crippen LogP contribution in [0, 0.1) is 22.9 Å². The highest BCUT2D eigenvalue weighted by molar-refractivity contribution is 5.53. The molecule has 0 bridgehead atoms. The van der Waals surface area contributed by atoms with Crippen LogP contribution in [-0.2, 0) is 6.42 Å². The van der Waals surface area contributed by atoms with Crippen LogP contribution in [0.3, 0.4) is 0 Å². The van der Waals surface area contributed by atoms with Gasteiger partial charge in [0.25, 0.3) is 5.69 Å². The highest BCUT2D eigenvalue weighted by atomic mass is 19.1. The number of nitrogens with zero attached hydrogens (tertiary/aromatic N) is 3. The lowest BCUT2D eigenvalue weighted by atomic mass is 10.2. The second-order valence-electron chi connectivity index (χ2n) is 3.91. The number of benzene rings is 1. The van der Waals surface area contributed by atoms with E-state index < -0.39 is 10.7 Å². The minimum Gasteiger partial charge on any atom is -0.297 e. The van der Waals surface area contributed by atoms with Gasteiger partial charge in [0, 0.05) is 24.8 Å². The molecule has 0 fully saturated rings. The molecule has 0 saturated heterocycles. The number of hydrogen-bond acceptors (Lipinski definition) is 3. The molecule has 0 aliphatic carbocycles. The molecule has 0 aliphatic heterocycles. The van der Waals surface area contributed by atoms with Gasteiger partial charge >= 0.3 is 0 Å². The predicted molar refractivity (Wildman–Crippen MR) is 64.3 cm³/mol. The first kappa shape index (κ1) is 12.2. The minimum absolute atomic E-state index is 0.136. The van der Waals surface area contributed by atoms with Crippen molar-refractivity contribution in [3.05, 3.63) is 51.8 Å². The number of imidazole rings is 1. The largest absolute Gasteiger partial charge is 0.297 e. The van der Waals surface area contributed by atoms with Crippen molar-refractivity contribution < 1.29 is 9.31 Å². The van der Waals surface area contributed by atoms with Crippen LogP contribution in [0.1, 0.15) is 18.4 Å². The summed E-state index contributed by atoms with van der Waals surface area (Å²) in [4.78, 5) is 14.7. The van der Waals surface area contributed by atoms with Gasteiger partial charge in [0.1, 0.15) is 17.3 Å². The fraction of sp³-hybridized carbons (Fsp3) is 0.250. The molecule has 0 saturated carbocycles. The summed E-state index contributed by atoms with van der Waals surface area (Å²) < 4.78 is 14.8. The van der Waals surface area contributed by atoms with Gasteiger partial charge in [-0.05, 0) is 13.0 Å². The lowest BCUT2D eigenvalue weighted by Gasteiger charge is -2.07. The van der Waals surface area contributed by atoms with Crippen LogP contribution in [0.25, 0.3) is 5.69 Å². The van der Waals surface area contributed by atoms with Gasteiger partial charge in [-0.15, -0.1) is 0 Å². The molecule has 1 heterocycles. The Bertz CT molecular complexity index is 607. The van der Waals surface area contributed by atoms with E-state index in [2.05, 4.69) is 4.98 Å². The third-order valence-corrected chi connectivity index (χ3v) is 2.61. The highest BCUT2D eigenvalue weighted by Crippen LogP contribution is 2.25. The summed E-state index contributed by atoms with van der Waals surface area (Å²) in [6, 6.07) is 3.40. The van der Waals surface area contributed by atoms with Gasteiger partial charge in [0.15, 0.2) is 0 Å². The van der Waals surface area contributed by atoms with E-state index in [-0.39, 0.29) is 11.4 Å². The van der Waals surface area contributed by atoms with Crippen LogP contribution in [0.15, 0.2) is 24.4 Å². The van der Waals surface area contributed by atoms with Gasteiger partial charge in [-0.1, -0.05) is 6.92 Å². The summed E-state index contributed by atoms with van der Waals surface area (Å²) >= 11 is 0. The molecule has 2 aromatic rings. The number of hydrogen-bond donors (Lipinski definition) is 0. The maximum Gasteiger partial charge on any atom is 0.293 e. The van der Waals surface area contributed by atoms with Gasteiger partial charge in [-0.3, -0.25) is 14.7 Å². The lowest BCUT2D eigenvalue weighted by Crippen LogP contribution is -2.03. The summed E-state index contributed by atoms with van der Waals surface area (Å²) in [6.07, 6.45) is 2.28. The number of aromatic nitrogens is 2. The van der Waals surface area contributed by atoms with Gasteiger partial charge in [0.05, 0.1) is 10.6 Å². The van der Waals surface area contributed by atoms with E-state index in [0.29, 0.717) is 12.2 Å². The van der Waals surface area contributed by atoms with E-state index in [0.717, 1.165) is 17.8 Å². The maximum absolute atomic E-state index is 13.3. The van der Waals surface area contributed by atoms with Crippen molar-refractivity contribution in [3.63, 3.8) is 0 Å². The Kier molecular flexibility index (Phi) is 3.10. The smallest absolute Gasteiger partial charge is 0.293 e. The third-order valence-electron chi connectivity index (χ3n) is 2.61. The Labute approximate surface area is 103 Å². The number of nitro benzene ring substituents is 1. The monoisotopic (exact) mass is 249 g/mol. The van der Waals surface area contributed by atoms with Gasteiger partial charge < -0.3 is 0 Å². The number of aryl methyl sites for hydroxylation is 2. The van der Waals surface area contributed by atoms with Crippen molar-refractivity contribution in [2.75, 3.05) is 0 Å². The Morgan fingerprint density at radius 2 is 2.22 bits per heavy atom. The Balaban J connectivity index is 2.68. The molecule has 18 heavy (non-hydrogen) atoms. The van der Waals surface area contributed by atoms with Crippen LogP contribution in [-0.4, -0.2) is 14.5 Å². The Morgan fingerprint density at radius 3 is 2.83 bits per heavy atom. The summed E-state index contributed by atoms with van der Waals surface area (Å²) in [7, 11) is 0. The van der Waals surface area contributed by atoms with Crippen LogP contribution in [0.2, 0.25) is 0 Å². The number of nitro groups is 1. The SMILES string of the molecule is CCc1nc(C)cn1-c1cc(F)ccc1[N+](=O)[O-]. The second kappa shape index (κ2) is 4.56. The van der Waals surface area contributed by atoms with Crippen LogP contribution in [0.5, 0.6) is 0 Å². The van der Waals surface area contributed by atoms with E-state index in [9.17, 15) is 14.5 Å². The van der Waals surface area contributed by atoms with Crippen LogP contribution >= 0.6 is 0 Å². The van der Waals surface area contributed by atoms with E-state index >= 15 is 0 Å². The molecule has 1 aromatic heterocycles. The maximum atomic E-state index is 13.3.